The van der Waals surface area contributed by atoms with E-state index >= 15 is 0 Å². The fourth-order valence-corrected chi connectivity index (χ4v) is 3.90. The van der Waals surface area contributed by atoms with Crippen molar-refractivity contribution in [3.8, 4) is 5.75 Å². The van der Waals surface area contributed by atoms with Crippen molar-refractivity contribution in [3.63, 3.8) is 0 Å². The molecule has 0 aliphatic carbocycles. The Balaban J connectivity index is 1.43. The van der Waals surface area contributed by atoms with Crippen LogP contribution in [0, 0.1) is 6.92 Å². The normalized spacial score (nSPS) is 12.1. The second-order valence-corrected chi connectivity index (χ2v) is 8.36. The number of amides is 1. The minimum absolute atomic E-state index is 0.203. The van der Waals surface area contributed by atoms with E-state index in [0.29, 0.717) is 6.61 Å². The Morgan fingerprint density at radius 2 is 2.06 bits per heavy atom. The zero-order valence-corrected chi connectivity index (χ0v) is 18.8. The summed E-state index contributed by atoms with van der Waals surface area (Å²) in [4.78, 5) is 21.6. The number of aromatic nitrogens is 3. The first-order valence-electron chi connectivity index (χ1n) is 10.2. The van der Waals surface area contributed by atoms with Gasteiger partial charge in [-0.1, -0.05) is 42.5 Å². The van der Waals surface area contributed by atoms with Gasteiger partial charge < -0.3 is 14.6 Å². The average Bonchev–Trinajstić information content (AvgIpc) is 3.43. The largest absolute Gasteiger partial charge is 0.487 e. The maximum atomic E-state index is 12.7. The Labute approximate surface area is 191 Å². The maximum Gasteiger partial charge on any atom is 0.244 e. The Kier molecular flexibility index (Phi) is 6.77. The van der Waals surface area contributed by atoms with Crippen LogP contribution in [0.3, 0.4) is 0 Å². The molecule has 2 aromatic carbocycles. The molecule has 32 heavy (non-hydrogen) atoms. The number of carbonyl (C=O) groups excluding carboxylic acids is 1. The average molecular weight is 445 g/mol. The number of rotatable bonds is 8. The van der Waals surface area contributed by atoms with Gasteiger partial charge in [-0.25, -0.2) is 9.97 Å². The molecule has 0 spiro atoms. The van der Waals surface area contributed by atoms with Crippen LogP contribution in [-0.2, 0) is 18.4 Å². The highest BCUT2D eigenvalue weighted by Gasteiger charge is 2.19. The zero-order valence-electron chi connectivity index (χ0n) is 17.9. The maximum absolute atomic E-state index is 12.7. The summed E-state index contributed by atoms with van der Waals surface area (Å²) in [5.74, 6) is 1.30. The third kappa shape index (κ3) is 5.50. The Bertz CT molecular complexity index is 1210. The Hall–Kier alpha value is -3.71. The second-order valence-electron chi connectivity index (χ2n) is 7.30. The predicted molar refractivity (Wildman–Crippen MR) is 126 cm³/mol. The van der Waals surface area contributed by atoms with E-state index in [4.69, 9.17) is 4.74 Å². The summed E-state index contributed by atoms with van der Waals surface area (Å²) in [5.41, 5.74) is 2.76. The van der Waals surface area contributed by atoms with Gasteiger partial charge in [0.15, 0.2) is 0 Å². The zero-order chi connectivity index (χ0) is 22.3. The van der Waals surface area contributed by atoms with Crippen LogP contribution in [0.25, 0.3) is 6.08 Å². The lowest BCUT2D eigenvalue weighted by molar-refractivity contribution is -0.117. The number of carbonyl (C=O) groups is 1. The smallest absolute Gasteiger partial charge is 0.244 e. The van der Waals surface area contributed by atoms with Crippen LogP contribution in [0.4, 0.5) is 0 Å². The summed E-state index contributed by atoms with van der Waals surface area (Å²) in [5, 5.41) is 6.08. The molecular weight excluding hydrogens is 420 g/mol. The molecule has 4 rings (SSSR count). The Morgan fingerprint density at radius 3 is 2.78 bits per heavy atom. The monoisotopic (exact) mass is 444 g/mol. The molecule has 2 aromatic heterocycles. The summed E-state index contributed by atoms with van der Waals surface area (Å²) in [6.07, 6.45) is 6.90. The van der Waals surface area contributed by atoms with Crippen molar-refractivity contribution >= 4 is 23.3 Å². The molecule has 1 amide bonds. The number of nitrogens with one attached hydrogen (secondary N) is 1. The van der Waals surface area contributed by atoms with Gasteiger partial charge in [0.05, 0.1) is 10.7 Å². The Morgan fingerprint density at radius 1 is 1.22 bits per heavy atom. The molecule has 0 radical (unpaired) electrons. The molecule has 0 aliphatic rings. The van der Waals surface area contributed by atoms with Crippen LogP contribution in [0.1, 0.15) is 33.7 Å². The lowest BCUT2D eigenvalue weighted by atomic mass is 10.1. The van der Waals surface area contributed by atoms with Gasteiger partial charge in [0.1, 0.15) is 24.2 Å². The second kappa shape index (κ2) is 10.1. The van der Waals surface area contributed by atoms with Crippen molar-refractivity contribution in [1.29, 1.82) is 0 Å². The molecule has 0 saturated heterocycles. The lowest BCUT2D eigenvalue weighted by Gasteiger charge is -2.18. The van der Waals surface area contributed by atoms with Crippen molar-refractivity contribution in [2.45, 2.75) is 19.6 Å². The summed E-state index contributed by atoms with van der Waals surface area (Å²) in [6, 6.07) is 17.1. The van der Waals surface area contributed by atoms with Crippen molar-refractivity contribution in [2.75, 3.05) is 0 Å². The fourth-order valence-electron chi connectivity index (χ4n) is 3.30. The van der Waals surface area contributed by atoms with Crippen LogP contribution < -0.4 is 10.1 Å². The molecule has 6 nitrogen and oxygen atoms in total. The summed E-state index contributed by atoms with van der Waals surface area (Å²) in [6.45, 7) is 2.39. The molecule has 2 heterocycles. The molecule has 1 atom stereocenters. The minimum Gasteiger partial charge on any atom is -0.487 e. The van der Waals surface area contributed by atoms with E-state index in [9.17, 15) is 4.79 Å². The highest BCUT2D eigenvalue weighted by molar-refractivity contribution is 7.09. The van der Waals surface area contributed by atoms with Crippen LogP contribution in [0.2, 0.25) is 0 Å². The molecule has 0 fully saturated rings. The number of benzene rings is 2. The van der Waals surface area contributed by atoms with Crippen LogP contribution in [0.15, 0.2) is 78.4 Å². The van der Waals surface area contributed by atoms with Crippen molar-refractivity contribution < 1.29 is 9.53 Å². The van der Waals surface area contributed by atoms with E-state index in [1.165, 1.54) is 6.08 Å². The summed E-state index contributed by atoms with van der Waals surface area (Å²) >= 11 is 1.60. The van der Waals surface area contributed by atoms with E-state index in [0.717, 1.165) is 33.4 Å². The van der Waals surface area contributed by atoms with E-state index in [-0.39, 0.29) is 11.9 Å². The van der Waals surface area contributed by atoms with Gasteiger partial charge in [0.2, 0.25) is 5.91 Å². The van der Waals surface area contributed by atoms with Gasteiger partial charge in [0, 0.05) is 30.9 Å². The number of hydrogen-bond acceptors (Lipinski definition) is 5. The van der Waals surface area contributed by atoms with Gasteiger partial charge in [-0.2, -0.15) is 0 Å². The van der Waals surface area contributed by atoms with Crippen LogP contribution in [-0.4, -0.2) is 20.4 Å². The number of aryl methyl sites for hydroxylation is 2. The van der Waals surface area contributed by atoms with Crippen molar-refractivity contribution in [3.05, 3.63) is 106 Å². The number of nitrogens with zero attached hydrogens (tertiary/aromatic N) is 3. The number of hydrogen-bond donors (Lipinski definition) is 1. The SMILES string of the molecule is Cc1nc(COc2cccc(/C=C/C(=O)NC(c3ccccc3)c3nccn3C)c2)cs1. The third-order valence-corrected chi connectivity index (χ3v) is 5.70. The summed E-state index contributed by atoms with van der Waals surface area (Å²) < 4.78 is 7.75. The van der Waals surface area contributed by atoms with Crippen molar-refractivity contribution in [1.82, 2.24) is 19.9 Å². The van der Waals surface area contributed by atoms with Crippen molar-refractivity contribution in [2.24, 2.45) is 7.05 Å². The first-order valence-corrected chi connectivity index (χ1v) is 11.1. The predicted octanol–water partition coefficient (Wildman–Crippen LogP) is 4.68. The van der Waals surface area contributed by atoms with E-state index in [1.807, 2.05) is 84.7 Å². The molecule has 162 valence electrons. The summed E-state index contributed by atoms with van der Waals surface area (Å²) in [7, 11) is 1.92. The molecule has 0 aliphatic heterocycles. The highest BCUT2D eigenvalue weighted by Crippen LogP contribution is 2.21. The third-order valence-electron chi connectivity index (χ3n) is 4.87. The lowest BCUT2D eigenvalue weighted by Crippen LogP contribution is -2.29. The molecular formula is C25H24N4O2S. The molecule has 0 saturated carbocycles. The molecule has 7 heteroatoms. The number of imidazole rings is 1. The van der Waals surface area contributed by atoms with Gasteiger partial charge in [-0.15, -0.1) is 11.3 Å². The van der Waals surface area contributed by atoms with Crippen LogP contribution in [0.5, 0.6) is 5.75 Å². The first-order chi connectivity index (χ1) is 15.6. The van der Waals surface area contributed by atoms with Gasteiger partial charge in [0.25, 0.3) is 0 Å². The standard InChI is InChI=1S/C25H24N4O2S/c1-18-27-21(17-32-18)16-31-22-10-6-7-19(15-22)11-12-23(30)28-24(20-8-4-3-5-9-20)25-26-13-14-29(25)2/h3-15,17,24H,16H2,1-2H3,(H,28,30)/b12-11+. The topological polar surface area (TPSA) is 69.0 Å². The van der Waals surface area contributed by atoms with E-state index in [2.05, 4.69) is 15.3 Å². The molecule has 1 N–H and O–H groups in total. The minimum atomic E-state index is -0.343. The quantitative estimate of drug-likeness (QED) is 0.401. The fraction of sp³-hybridized carbons (Fsp3) is 0.160. The number of thiazole rings is 1. The van der Waals surface area contributed by atoms with E-state index in [1.54, 1.807) is 23.6 Å². The highest BCUT2D eigenvalue weighted by atomic mass is 32.1. The molecule has 1 unspecified atom stereocenters. The van der Waals surface area contributed by atoms with Crippen LogP contribution >= 0.6 is 11.3 Å². The first kappa shape index (κ1) is 21.5. The molecule has 4 aromatic rings. The number of ether oxygens (including phenoxy) is 1. The van der Waals surface area contributed by atoms with E-state index < -0.39 is 0 Å². The van der Waals surface area contributed by atoms with Gasteiger partial charge in [-0.3, -0.25) is 4.79 Å². The van der Waals surface area contributed by atoms with Gasteiger partial charge in [-0.05, 0) is 36.3 Å². The molecule has 0 bridgehead atoms. The van der Waals surface area contributed by atoms with Gasteiger partial charge >= 0.3 is 0 Å².